The first-order valence-electron chi connectivity index (χ1n) is 7.28. The van der Waals surface area contributed by atoms with Gasteiger partial charge in [-0.25, -0.2) is 14.6 Å². The van der Waals surface area contributed by atoms with Crippen LogP contribution in [0, 0.1) is 5.92 Å². The van der Waals surface area contributed by atoms with Crippen molar-refractivity contribution >= 4 is 32.8 Å². The lowest BCUT2D eigenvalue weighted by molar-refractivity contribution is 0.327. The van der Waals surface area contributed by atoms with Crippen molar-refractivity contribution in [3.8, 4) is 0 Å². The molecule has 2 unspecified atom stereocenters. The Kier molecular flexibility index (Phi) is 3.92. The minimum absolute atomic E-state index is 0.513. The molecule has 6 heteroatoms. The Morgan fingerprint density at radius 3 is 3.05 bits per heavy atom. The van der Waals surface area contributed by atoms with E-state index in [4.69, 9.17) is 0 Å². The van der Waals surface area contributed by atoms with E-state index in [2.05, 4.69) is 43.2 Å². The number of aromatic nitrogens is 4. The monoisotopic (exact) mass is 337 g/mol. The van der Waals surface area contributed by atoms with E-state index >= 15 is 0 Å². The highest BCUT2D eigenvalue weighted by molar-refractivity contribution is 9.10. The second-order valence-electron chi connectivity index (χ2n) is 5.62. The summed E-state index contributed by atoms with van der Waals surface area (Å²) in [6.07, 6.45) is 8.01. The van der Waals surface area contributed by atoms with Crippen LogP contribution in [0.3, 0.4) is 0 Å². The molecule has 1 N–H and O–H groups in total. The Balaban J connectivity index is 1.87. The second-order valence-corrected chi connectivity index (χ2v) is 6.37. The first-order valence-corrected chi connectivity index (χ1v) is 8.08. The number of hydrogen-bond acceptors (Lipinski definition) is 4. The summed E-state index contributed by atoms with van der Waals surface area (Å²) in [7, 11) is 1.90. The molecule has 1 fully saturated rings. The van der Waals surface area contributed by atoms with Crippen LogP contribution >= 0.6 is 15.9 Å². The van der Waals surface area contributed by atoms with Crippen molar-refractivity contribution in [2.75, 3.05) is 5.32 Å². The molecule has 3 rings (SSSR count). The summed E-state index contributed by atoms with van der Waals surface area (Å²) in [5, 5.41) is 8.95. The lowest BCUT2D eigenvalue weighted by Crippen LogP contribution is -2.27. The zero-order valence-electron chi connectivity index (χ0n) is 11.9. The van der Waals surface area contributed by atoms with E-state index in [9.17, 15) is 0 Å². The maximum Gasteiger partial charge on any atom is 0.164 e. The van der Waals surface area contributed by atoms with Gasteiger partial charge in [-0.3, -0.25) is 0 Å². The molecule has 108 valence electrons. The quantitative estimate of drug-likeness (QED) is 0.931. The molecule has 5 nitrogen and oxygen atoms in total. The molecule has 1 aliphatic rings. The van der Waals surface area contributed by atoms with Crippen LogP contribution in [0.4, 0.5) is 5.82 Å². The smallest absolute Gasteiger partial charge is 0.164 e. The molecule has 1 saturated carbocycles. The Bertz CT molecular complexity index is 609. The average molecular weight is 338 g/mol. The molecule has 0 aromatic carbocycles. The lowest BCUT2D eigenvalue weighted by atomic mass is 9.84. The van der Waals surface area contributed by atoms with Gasteiger partial charge in [-0.15, -0.1) is 0 Å². The molecule has 2 heterocycles. The predicted octanol–water partition coefficient (Wildman–Crippen LogP) is 3.51. The number of nitrogens with zero attached hydrogens (tertiary/aromatic N) is 4. The van der Waals surface area contributed by atoms with Crippen molar-refractivity contribution in [2.45, 2.75) is 45.1 Å². The summed E-state index contributed by atoms with van der Waals surface area (Å²) in [6.45, 7) is 2.29. The molecule has 0 spiro atoms. The molecule has 2 aromatic heterocycles. The van der Waals surface area contributed by atoms with Crippen molar-refractivity contribution < 1.29 is 0 Å². The summed E-state index contributed by atoms with van der Waals surface area (Å²) in [4.78, 5) is 8.73. The third-order valence-corrected chi connectivity index (χ3v) is 4.83. The minimum atomic E-state index is 0.513. The maximum atomic E-state index is 4.42. The van der Waals surface area contributed by atoms with Gasteiger partial charge in [0, 0.05) is 13.1 Å². The molecule has 0 bridgehead atoms. The Hall–Kier alpha value is -1.17. The second kappa shape index (κ2) is 5.68. The van der Waals surface area contributed by atoms with Gasteiger partial charge >= 0.3 is 0 Å². The summed E-state index contributed by atoms with van der Waals surface area (Å²) in [5.41, 5.74) is 0.859. The number of halogens is 1. The fourth-order valence-corrected chi connectivity index (χ4v) is 3.74. The van der Waals surface area contributed by atoms with Gasteiger partial charge in [0.05, 0.1) is 5.39 Å². The van der Waals surface area contributed by atoms with Crippen LogP contribution in [0.15, 0.2) is 10.9 Å². The van der Waals surface area contributed by atoms with Gasteiger partial charge in [-0.1, -0.05) is 26.2 Å². The number of nitrogens with one attached hydrogen (secondary N) is 1. The van der Waals surface area contributed by atoms with E-state index < -0.39 is 0 Å². The van der Waals surface area contributed by atoms with E-state index in [1.807, 2.05) is 7.05 Å². The van der Waals surface area contributed by atoms with Gasteiger partial charge in [0.15, 0.2) is 5.65 Å². The van der Waals surface area contributed by atoms with Crippen molar-refractivity contribution in [3.05, 3.63) is 10.9 Å². The molecule has 2 aromatic rings. The molecule has 20 heavy (non-hydrogen) atoms. The molecule has 1 aliphatic carbocycles. The fourth-order valence-electron chi connectivity index (χ4n) is 3.14. The largest absolute Gasteiger partial charge is 0.367 e. The van der Waals surface area contributed by atoms with Crippen molar-refractivity contribution in [1.29, 1.82) is 0 Å². The topological polar surface area (TPSA) is 55.6 Å². The molecule has 0 aliphatic heterocycles. The average Bonchev–Trinajstić information content (AvgIpc) is 2.75. The van der Waals surface area contributed by atoms with E-state index in [-0.39, 0.29) is 0 Å². The number of hydrogen-bond donors (Lipinski definition) is 1. The van der Waals surface area contributed by atoms with Gasteiger partial charge in [0.1, 0.15) is 16.7 Å². The van der Waals surface area contributed by atoms with Gasteiger partial charge in [0.2, 0.25) is 0 Å². The predicted molar refractivity (Wildman–Crippen MR) is 83.7 cm³/mol. The lowest BCUT2D eigenvalue weighted by Gasteiger charge is -2.29. The zero-order valence-corrected chi connectivity index (χ0v) is 13.5. The van der Waals surface area contributed by atoms with Gasteiger partial charge in [-0.2, -0.15) is 5.10 Å². The highest BCUT2D eigenvalue weighted by atomic mass is 79.9. The first-order chi connectivity index (χ1) is 9.69. The molecule has 0 radical (unpaired) electrons. The summed E-state index contributed by atoms with van der Waals surface area (Å²) in [5.74, 6) is 1.74. The normalized spacial score (nSPS) is 23.1. The van der Waals surface area contributed by atoms with Gasteiger partial charge in [0.25, 0.3) is 0 Å². The van der Waals surface area contributed by atoms with E-state index in [1.54, 1.807) is 11.0 Å². The number of anilines is 1. The molecule has 2 atom stereocenters. The van der Waals surface area contributed by atoms with Gasteiger partial charge < -0.3 is 5.32 Å². The summed E-state index contributed by atoms with van der Waals surface area (Å²) >= 11 is 3.51. The molecular weight excluding hydrogens is 318 g/mol. The molecule has 0 amide bonds. The van der Waals surface area contributed by atoms with Crippen LogP contribution in [-0.4, -0.2) is 25.8 Å². The van der Waals surface area contributed by atoms with Crippen molar-refractivity contribution in [2.24, 2.45) is 13.0 Å². The van der Waals surface area contributed by atoms with Crippen LogP contribution in [0.25, 0.3) is 11.0 Å². The Morgan fingerprint density at radius 2 is 2.25 bits per heavy atom. The SMILES string of the molecule is CCC1CCCC(Nc2ncnc3c2c(Br)nn3C)C1. The Labute approximate surface area is 127 Å². The van der Waals surface area contributed by atoms with E-state index in [0.29, 0.717) is 6.04 Å². The van der Waals surface area contributed by atoms with Crippen LogP contribution in [0.2, 0.25) is 0 Å². The van der Waals surface area contributed by atoms with Crippen LogP contribution in [0.1, 0.15) is 39.0 Å². The number of aryl methyl sites for hydroxylation is 1. The highest BCUT2D eigenvalue weighted by Gasteiger charge is 2.22. The minimum Gasteiger partial charge on any atom is -0.367 e. The van der Waals surface area contributed by atoms with Crippen LogP contribution in [0.5, 0.6) is 0 Å². The van der Waals surface area contributed by atoms with E-state index in [0.717, 1.165) is 27.4 Å². The maximum absolute atomic E-state index is 4.42. The summed E-state index contributed by atoms with van der Waals surface area (Å²) in [6, 6.07) is 0.513. The molecular formula is C14H20BrN5. The first kappa shape index (κ1) is 13.8. The van der Waals surface area contributed by atoms with E-state index in [1.165, 1.54) is 32.1 Å². The third-order valence-electron chi connectivity index (χ3n) is 4.28. The van der Waals surface area contributed by atoms with Crippen molar-refractivity contribution in [1.82, 2.24) is 19.7 Å². The van der Waals surface area contributed by atoms with Gasteiger partial charge in [-0.05, 0) is 34.7 Å². The van der Waals surface area contributed by atoms with Crippen LogP contribution < -0.4 is 5.32 Å². The molecule has 0 saturated heterocycles. The fraction of sp³-hybridized carbons (Fsp3) is 0.643. The van der Waals surface area contributed by atoms with Crippen LogP contribution in [-0.2, 0) is 7.05 Å². The van der Waals surface area contributed by atoms with Crippen molar-refractivity contribution in [3.63, 3.8) is 0 Å². The highest BCUT2D eigenvalue weighted by Crippen LogP contribution is 2.31. The zero-order chi connectivity index (χ0) is 14.1. The third kappa shape index (κ3) is 2.53. The number of rotatable bonds is 3. The number of fused-ring (bicyclic) bond motifs is 1. The summed E-state index contributed by atoms with van der Waals surface area (Å²) < 4.78 is 2.59. The standard InChI is InChI=1S/C14H20BrN5/c1-3-9-5-4-6-10(7-9)18-13-11-12(15)19-20(2)14(11)17-8-16-13/h8-10H,3-7H2,1-2H3,(H,16,17,18). The Morgan fingerprint density at radius 1 is 1.40 bits per heavy atom.